The highest BCUT2D eigenvalue weighted by molar-refractivity contribution is 7.86. The van der Waals surface area contributed by atoms with Crippen molar-refractivity contribution < 1.29 is 17.4 Å². The van der Waals surface area contributed by atoms with Gasteiger partial charge in [-0.05, 0) is 32.1 Å². The standard InChI is InChI=1S/C16H36P.C4H9FO3S/c1-5-9-13-17(14-10-6-2,15-11-7-3)16-12-8-4;1-2-3-4(5)9(6,7)8/h5-16H2,1-4H3;4H,2-3H2,1H3,(H,6,7,8)/q+1;. The number of alkyl halides is 1. The molecule has 0 saturated carbocycles. The Morgan fingerprint density at radius 1 is 0.731 bits per heavy atom. The molecule has 0 saturated heterocycles. The van der Waals surface area contributed by atoms with Crippen molar-refractivity contribution in [1.82, 2.24) is 0 Å². The van der Waals surface area contributed by atoms with Crippen LogP contribution in [0.5, 0.6) is 0 Å². The fourth-order valence-electron chi connectivity index (χ4n) is 3.02. The molecule has 0 bridgehead atoms. The fraction of sp³-hybridized carbons (Fsp3) is 1.00. The lowest BCUT2D eigenvalue weighted by Crippen LogP contribution is -2.13. The molecule has 0 spiro atoms. The van der Waals surface area contributed by atoms with Crippen LogP contribution in [0, 0.1) is 0 Å². The molecule has 0 aliphatic heterocycles. The van der Waals surface area contributed by atoms with E-state index >= 15 is 0 Å². The summed E-state index contributed by atoms with van der Waals surface area (Å²) in [7, 11) is -4.99. The van der Waals surface area contributed by atoms with Gasteiger partial charge in [-0.15, -0.1) is 0 Å². The van der Waals surface area contributed by atoms with Gasteiger partial charge in [-0.2, -0.15) is 8.42 Å². The van der Waals surface area contributed by atoms with Crippen LogP contribution < -0.4 is 0 Å². The van der Waals surface area contributed by atoms with Gasteiger partial charge in [0.25, 0.3) is 10.1 Å². The van der Waals surface area contributed by atoms with Crippen molar-refractivity contribution in [2.24, 2.45) is 0 Å². The average molecular weight is 416 g/mol. The molecule has 0 amide bonds. The number of rotatable bonds is 15. The first-order valence-corrected chi connectivity index (χ1v) is 14.7. The molecule has 0 aromatic rings. The minimum absolute atomic E-state index is 0.140. The topological polar surface area (TPSA) is 54.4 Å². The second-order valence-corrected chi connectivity index (χ2v) is 13.4. The second-order valence-electron chi connectivity index (χ2n) is 7.36. The van der Waals surface area contributed by atoms with Crippen LogP contribution in [0.1, 0.15) is 98.8 Å². The van der Waals surface area contributed by atoms with Gasteiger partial charge in [-0.1, -0.05) is 66.7 Å². The van der Waals surface area contributed by atoms with E-state index in [-0.39, 0.29) is 6.42 Å². The van der Waals surface area contributed by atoms with Crippen molar-refractivity contribution in [3.8, 4) is 0 Å². The third kappa shape index (κ3) is 15.3. The van der Waals surface area contributed by atoms with E-state index in [9.17, 15) is 12.8 Å². The molecular weight excluding hydrogens is 370 g/mol. The molecule has 3 nitrogen and oxygen atoms in total. The SMILES string of the molecule is CCCC(F)S(=O)(=O)O.CCCC[P+](CCCC)(CCCC)CCCC. The summed E-state index contributed by atoms with van der Waals surface area (Å²) in [6, 6.07) is 0. The molecule has 6 heteroatoms. The van der Waals surface area contributed by atoms with Crippen molar-refractivity contribution in [3.63, 3.8) is 0 Å². The van der Waals surface area contributed by atoms with E-state index in [4.69, 9.17) is 4.55 Å². The molecule has 160 valence electrons. The first-order valence-electron chi connectivity index (χ1n) is 10.7. The van der Waals surface area contributed by atoms with Gasteiger partial charge in [0.15, 0.2) is 0 Å². The average Bonchev–Trinajstić information content (AvgIpc) is 2.60. The first-order chi connectivity index (χ1) is 12.2. The molecule has 0 aliphatic rings. The molecule has 1 unspecified atom stereocenters. The van der Waals surface area contributed by atoms with E-state index in [1.54, 1.807) is 31.6 Å². The zero-order valence-corrected chi connectivity index (χ0v) is 19.7. The Hall–Kier alpha value is 0.270. The van der Waals surface area contributed by atoms with Crippen LogP contribution in [-0.2, 0) is 10.1 Å². The minimum Gasteiger partial charge on any atom is -0.283 e. The molecule has 0 aromatic heterocycles. The summed E-state index contributed by atoms with van der Waals surface area (Å²) in [6.07, 6.45) is 18.2. The second kappa shape index (κ2) is 17.4. The summed E-state index contributed by atoms with van der Waals surface area (Å²) in [5, 5.41) is 0. The highest BCUT2D eigenvalue weighted by Crippen LogP contribution is 2.61. The van der Waals surface area contributed by atoms with Gasteiger partial charge in [0.1, 0.15) is 0 Å². The summed E-state index contributed by atoms with van der Waals surface area (Å²) in [5.74, 6) is 0. The maximum atomic E-state index is 12.1. The maximum absolute atomic E-state index is 12.1. The highest BCUT2D eigenvalue weighted by Gasteiger charge is 2.34. The quantitative estimate of drug-likeness (QED) is 0.228. The normalized spacial score (nSPS) is 13.2. The fourth-order valence-corrected chi connectivity index (χ4v) is 8.84. The van der Waals surface area contributed by atoms with E-state index < -0.39 is 22.9 Å². The van der Waals surface area contributed by atoms with Gasteiger partial charge in [0, 0.05) is 7.26 Å². The van der Waals surface area contributed by atoms with Crippen LogP contribution in [0.4, 0.5) is 4.39 Å². The summed E-state index contributed by atoms with van der Waals surface area (Å²) in [5.41, 5.74) is -2.11. The van der Waals surface area contributed by atoms with Crippen LogP contribution in [0.15, 0.2) is 0 Å². The predicted octanol–water partition coefficient (Wildman–Crippen LogP) is 7.17. The summed E-state index contributed by atoms with van der Waals surface area (Å²) >= 11 is 0. The Bertz CT molecular complexity index is 364. The molecule has 0 radical (unpaired) electrons. The summed E-state index contributed by atoms with van der Waals surface area (Å²) < 4.78 is 39.9. The van der Waals surface area contributed by atoms with Crippen molar-refractivity contribution in [1.29, 1.82) is 0 Å². The zero-order chi connectivity index (χ0) is 20.5. The smallest absolute Gasteiger partial charge is 0.283 e. The predicted molar refractivity (Wildman–Crippen MR) is 117 cm³/mol. The number of halogens is 1. The third-order valence-corrected chi connectivity index (χ3v) is 10.7. The lowest BCUT2D eigenvalue weighted by molar-refractivity contribution is 0.357. The Balaban J connectivity index is 0. The van der Waals surface area contributed by atoms with Crippen LogP contribution in [0.25, 0.3) is 0 Å². The number of hydrogen-bond acceptors (Lipinski definition) is 2. The van der Waals surface area contributed by atoms with E-state index in [1.165, 1.54) is 51.4 Å². The van der Waals surface area contributed by atoms with Crippen molar-refractivity contribution in [2.45, 2.75) is 104 Å². The molecule has 0 heterocycles. The zero-order valence-electron chi connectivity index (χ0n) is 18.0. The van der Waals surface area contributed by atoms with E-state index in [1.807, 2.05) is 0 Å². The summed E-state index contributed by atoms with van der Waals surface area (Å²) in [6.45, 7) is 11.1. The first kappa shape index (κ1) is 28.5. The van der Waals surface area contributed by atoms with E-state index in [0.717, 1.165) is 0 Å². The Kier molecular flexibility index (Phi) is 19.0. The molecule has 0 fully saturated rings. The van der Waals surface area contributed by atoms with Crippen LogP contribution in [0.2, 0.25) is 0 Å². The van der Waals surface area contributed by atoms with Crippen molar-refractivity contribution >= 4 is 17.4 Å². The van der Waals surface area contributed by atoms with Gasteiger partial charge in [-0.3, -0.25) is 4.55 Å². The lowest BCUT2D eigenvalue weighted by Gasteiger charge is -2.28. The van der Waals surface area contributed by atoms with Crippen LogP contribution >= 0.6 is 7.26 Å². The lowest BCUT2D eigenvalue weighted by atomic mass is 10.4. The number of hydrogen-bond donors (Lipinski definition) is 1. The Labute approximate surface area is 164 Å². The molecule has 1 atom stereocenters. The Morgan fingerprint density at radius 2 is 1.04 bits per heavy atom. The van der Waals surface area contributed by atoms with E-state index in [2.05, 4.69) is 27.7 Å². The highest BCUT2D eigenvalue weighted by atomic mass is 32.2. The van der Waals surface area contributed by atoms with E-state index in [0.29, 0.717) is 6.42 Å². The summed E-state index contributed by atoms with van der Waals surface area (Å²) in [4.78, 5) is 0. The molecule has 26 heavy (non-hydrogen) atoms. The molecular formula is C20H45FO3PS+. The minimum atomic E-state index is -4.43. The molecule has 1 N–H and O–H groups in total. The van der Waals surface area contributed by atoms with Gasteiger partial charge in [0.2, 0.25) is 5.50 Å². The largest absolute Gasteiger partial charge is 0.297 e. The monoisotopic (exact) mass is 415 g/mol. The van der Waals surface area contributed by atoms with Crippen LogP contribution in [-0.4, -0.2) is 43.1 Å². The maximum Gasteiger partial charge on any atom is 0.297 e. The van der Waals surface area contributed by atoms with Gasteiger partial charge in [-0.25, -0.2) is 4.39 Å². The molecule has 0 aromatic carbocycles. The van der Waals surface area contributed by atoms with Gasteiger partial charge < -0.3 is 0 Å². The third-order valence-electron chi connectivity index (χ3n) is 4.78. The van der Waals surface area contributed by atoms with Crippen molar-refractivity contribution in [3.05, 3.63) is 0 Å². The Morgan fingerprint density at radius 3 is 1.19 bits per heavy atom. The van der Waals surface area contributed by atoms with Crippen LogP contribution in [0.3, 0.4) is 0 Å². The number of unbranched alkanes of at least 4 members (excludes halogenated alkanes) is 4. The van der Waals surface area contributed by atoms with Gasteiger partial charge in [0.05, 0.1) is 24.6 Å². The van der Waals surface area contributed by atoms with Crippen molar-refractivity contribution in [2.75, 3.05) is 24.6 Å². The molecule has 0 rings (SSSR count). The van der Waals surface area contributed by atoms with Gasteiger partial charge >= 0.3 is 0 Å². The molecule has 0 aliphatic carbocycles.